The third kappa shape index (κ3) is 7.51. The molecule has 0 heterocycles. The number of esters is 1. The van der Waals surface area contributed by atoms with E-state index in [4.69, 9.17) is 27.9 Å². The van der Waals surface area contributed by atoms with Gasteiger partial charge in [0.15, 0.2) is 6.10 Å². The topological polar surface area (TPSA) is 84.5 Å². The highest BCUT2D eigenvalue weighted by atomic mass is 35.5. The first-order valence-electron chi connectivity index (χ1n) is 8.79. The Hall–Kier alpha value is -2.29. The first-order valence-corrected chi connectivity index (χ1v) is 10.6. The zero-order chi connectivity index (χ0) is 22.3. The molecule has 0 saturated heterocycles. The molecular weight excluding hydrogens is 454 g/mol. The van der Waals surface area contributed by atoms with Crippen LogP contribution in [0.3, 0.4) is 0 Å². The molecule has 0 radical (unpaired) electrons. The van der Waals surface area contributed by atoms with E-state index in [-0.39, 0.29) is 16.7 Å². The van der Waals surface area contributed by atoms with E-state index < -0.39 is 29.0 Å². The van der Waals surface area contributed by atoms with Crippen molar-refractivity contribution in [2.24, 2.45) is 0 Å². The van der Waals surface area contributed by atoms with Gasteiger partial charge in [0.05, 0.1) is 16.5 Å². The summed E-state index contributed by atoms with van der Waals surface area (Å²) in [6, 6.07) is 9.90. The summed E-state index contributed by atoms with van der Waals surface area (Å²) < 4.78 is 18.0. The number of carbonyl (C=O) groups is 3. The van der Waals surface area contributed by atoms with Crippen molar-refractivity contribution in [1.82, 2.24) is 0 Å². The number of benzene rings is 2. The molecule has 2 aromatic rings. The molecular formula is C20H19Cl2FN2O4S. The van der Waals surface area contributed by atoms with Gasteiger partial charge in [-0.2, -0.15) is 0 Å². The van der Waals surface area contributed by atoms with Crippen molar-refractivity contribution in [2.45, 2.75) is 25.2 Å². The average molecular weight is 473 g/mol. The van der Waals surface area contributed by atoms with Crippen LogP contribution in [0.1, 0.15) is 13.8 Å². The molecule has 10 heteroatoms. The number of amides is 2. The Morgan fingerprint density at radius 3 is 2.37 bits per heavy atom. The summed E-state index contributed by atoms with van der Waals surface area (Å²) >= 11 is 12.9. The smallest absolute Gasteiger partial charge is 0.319 e. The van der Waals surface area contributed by atoms with E-state index in [1.165, 1.54) is 43.3 Å². The predicted molar refractivity (Wildman–Crippen MR) is 118 cm³/mol. The lowest BCUT2D eigenvalue weighted by Crippen LogP contribution is -2.33. The number of anilines is 2. The lowest BCUT2D eigenvalue weighted by molar-refractivity contribution is -0.152. The summed E-state index contributed by atoms with van der Waals surface area (Å²) in [6.45, 7) is 2.99. The molecule has 0 aliphatic heterocycles. The SMILES string of the molecule is C[C@H](OC(=O)[C@H](C)SCC(=O)Nc1ccc(F)cc1)C(=O)Nc1ccc(Cl)cc1Cl. The predicted octanol–water partition coefficient (Wildman–Crippen LogP) is 4.76. The molecule has 30 heavy (non-hydrogen) atoms. The van der Waals surface area contributed by atoms with Crippen LogP contribution in [0.25, 0.3) is 0 Å². The summed E-state index contributed by atoms with van der Waals surface area (Å²) in [5, 5.41) is 5.15. The van der Waals surface area contributed by atoms with E-state index in [1.807, 2.05) is 0 Å². The number of hydrogen-bond donors (Lipinski definition) is 2. The first-order chi connectivity index (χ1) is 14.2. The lowest BCUT2D eigenvalue weighted by atomic mass is 10.3. The minimum Gasteiger partial charge on any atom is -0.452 e. The van der Waals surface area contributed by atoms with Crippen molar-refractivity contribution in [1.29, 1.82) is 0 Å². The van der Waals surface area contributed by atoms with Crippen LogP contribution in [0.4, 0.5) is 15.8 Å². The number of halogens is 3. The van der Waals surface area contributed by atoms with Gasteiger partial charge < -0.3 is 15.4 Å². The second-order valence-corrected chi connectivity index (χ2v) is 8.37. The molecule has 0 fully saturated rings. The highest BCUT2D eigenvalue weighted by molar-refractivity contribution is 8.01. The molecule has 2 atom stereocenters. The second-order valence-electron chi connectivity index (χ2n) is 6.20. The van der Waals surface area contributed by atoms with Crippen LogP contribution in [-0.2, 0) is 19.1 Å². The van der Waals surface area contributed by atoms with Gasteiger partial charge in [-0.1, -0.05) is 23.2 Å². The Morgan fingerprint density at radius 2 is 1.73 bits per heavy atom. The minimum absolute atomic E-state index is 0.0192. The van der Waals surface area contributed by atoms with E-state index in [1.54, 1.807) is 13.0 Å². The Labute approximate surface area is 187 Å². The summed E-state index contributed by atoms with van der Waals surface area (Å²) in [4.78, 5) is 36.4. The van der Waals surface area contributed by atoms with Gasteiger partial charge in [0.25, 0.3) is 5.91 Å². The van der Waals surface area contributed by atoms with Crippen LogP contribution in [0.2, 0.25) is 10.0 Å². The number of hydrogen-bond acceptors (Lipinski definition) is 5. The van der Waals surface area contributed by atoms with Gasteiger partial charge in [0.2, 0.25) is 5.91 Å². The molecule has 0 bridgehead atoms. The summed E-state index contributed by atoms with van der Waals surface area (Å²) in [7, 11) is 0. The highest BCUT2D eigenvalue weighted by Gasteiger charge is 2.23. The number of nitrogens with one attached hydrogen (secondary N) is 2. The van der Waals surface area contributed by atoms with Crippen LogP contribution in [-0.4, -0.2) is 34.9 Å². The van der Waals surface area contributed by atoms with Gasteiger partial charge in [-0.3, -0.25) is 14.4 Å². The van der Waals surface area contributed by atoms with Crippen molar-refractivity contribution >= 4 is 64.1 Å². The Bertz CT molecular complexity index is 928. The number of thioether (sulfide) groups is 1. The first kappa shape index (κ1) is 24.0. The maximum atomic E-state index is 12.9. The standard InChI is InChI=1S/C20H19Cl2FN2O4S/c1-11(19(27)25-17-8-3-13(21)9-16(17)22)29-20(28)12(2)30-10-18(26)24-15-6-4-14(23)5-7-15/h3-9,11-12H,10H2,1-2H3,(H,24,26)(H,25,27)/t11-,12-/m0/s1. The monoisotopic (exact) mass is 472 g/mol. The van der Waals surface area contributed by atoms with Gasteiger partial charge in [0.1, 0.15) is 11.1 Å². The molecule has 6 nitrogen and oxygen atoms in total. The Kier molecular flexibility index (Phi) is 8.95. The molecule has 2 aromatic carbocycles. The Balaban J connectivity index is 1.78. The molecule has 0 aromatic heterocycles. The van der Waals surface area contributed by atoms with Gasteiger partial charge in [-0.25, -0.2) is 4.39 Å². The summed E-state index contributed by atoms with van der Waals surface area (Å²) in [5.41, 5.74) is 0.789. The van der Waals surface area contributed by atoms with Crippen molar-refractivity contribution < 1.29 is 23.5 Å². The molecule has 0 aliphatic carbocycles. The quantitative estimate of drug-likeness (QED) is 0.540. The molecule has 2 rings (SSSR count). The maximum absolute atomic E-state index is 12.9. The number of carbonyl (C=O) groups excluding carboxylic acids is 3. The van der Waals surface area contributed by atoms with E-state index >= 15 is 0 Å². The second kappa shape index (κ2) is 11.2. The van der Waals surface area contributed by atoms with Crippen molar-refractivity contribution in [3.63, 3.8) is 0 Å². The molecule has 0 aliphatic rings. The van der Waals surface area contributed by atoms with Crippen LogP contribution in [0.15, 0.2) is 42.5 Å². The third-order valence-electron chi connectivity index (χ3n) is 3.78. The highest BCUT2D eigenvalue weighted by Crippen LogP contribution is 2.25. The van der Waals surface area contributed by atoms with E-state index in [9.17, 15) is 18.8 Å². The van der Waals surface area contributed by atoms with E-state index in [0.717, 1.165) is 11.8 Å². The van der Waals surface area contributed by atoms with Crippen molar-refractivity contribution in [3.05, 3.63) is 58.3 Å². The zero-order valence-electron chi connectivity index (χ0n) is 16.1. The third-order valence-corrected chi connectivity index (χ3v) is 5.44. The average Bonchev–Trinajstić information content (AvgIpc) is 2.69. The van der Waals surface area contributed by atoms with Crippen LogP contribution in [0.5, 0.6) is 0 Å². The molecule has 160 valence electrons. The summed E-state index contributed by atoms with van der Waals surface area (Å²) in [5.74, 6) is -1.97. The molecule has 2 amide bonds. The van der Waals surface area contributed by atoms with Crippen LogP contribution < -0.4 is 10.6 Å². The van der Waals surface area contributed by atoms with Crippen molar-refractivity contribution in [2.75, 3.05) is 16.4 Å². The minimum atomic E-state index is -1.07. The molecule has 0 spiro atoms. The fourth-order valence-electron chi connectivity index (χ4n) is 2.15. The van der Waals surface area contributed by atoms with Gasteiger partial charge in [0, 0.05) is 10.7 Å². The van der Waals surface area contributed by atoms with Gasteiger partial charge in [-0.05, 0) is 56.3 Å². The largest absolute Gasteiger partial charge is 0.452 e. The van der Waals surface area contributed by atoms with E-state index in [2.05, 4.69) is 10.6 Å². The molecule has 0 saturated carbocycles. The fourth-order valence-corrected chi connectivity index (χ4v) is 3.27. The van der Waals surface area contributed by atoms with Gasteiger partial charge >= 0.3 is 5.97 Å². The normalized spacial score (nSPS) is 12.6. The van der Waals surface area contributed by atoms with Crippen LogP contribution in [0, 0.1) is 5.82 Å². The summed E-state index contributed by atoms with van der Waals surface area (Å²) in [6.07, 6.45) is -1.07. The van der Waals surface area contributed by atoms with Crippen molar-refractivity contribution in [3.8, 4) is 0 Å². The number of ether oxygens (including phenoxy) is 1. The van der Waals surface area contributed by atoms with Crippen LogP contribution >= 0.6 is 35.0 Å². The lowest BCUT2D eigenvalue weighted by Gasteiger charge is -2.17. The molecule has 2 N–H and O–H groups in total. The fraction of sp³-hybridized carbons (Fsp3) is 0.250. The van der Waals surface area contributed by atoms with Gasteiger partial charge in [-0.15, -0.1) is 11.8 Å². The Morgan fingerprint density at radius 1 is 1.07 bits per heavy atom. The maximum Gasteiger partial charge on any atom is 0.319 e. The van der Waals surface area contributed by atoms with E-state index in [0.29, 0.717) is 16.4 Å². The zero-order valence-corrected chi connectivity index (χ0v) is 18.4. The molecule has 0 unspecified atom stereocenters. The number of rotatable bonds is 8.